The van der Waals surface area contributed by atoms with Gasteiger partial charge in [0.15, 0.2) is 5.65 Å². The number of fused-ring (bicyclic) bond motifs is 1. The maximum absolute atomic E-state index is 14.0. The molecule has 2 aromatic carbocycles. The van der Waals surface area contributed by atoms with E-state index in [2.05, 4.69) is 10.3 Å². The van der Waals surface area contributed by atoms with Crippen LogP contribution in [0.5, 0.6) is 5.75 Å². The van der Waals surface area contributed by atoms with Gasteiger partial charge in [0, 0.05) is 30.9 Å². The van der Waals surface area contributed by atoms with Gasteiger partial charge in [0.05, 0.1) is 18.8 Å². The van der Waals surface area contributed by atoms with Gasteiger partial charge < -0.3 is 19.5 Å². The minimum atomic E-state index is -0.688. The number of nitrogens with zero attached hydrogens (tertiary/aromatic N) is 4. The molecule has 2 aromatic heterocycles. The van der Waals surface area contributed by atoms with E-state index in [1.807, 2.05) is 41.0 Å². The molecule has 0 radical (unpaired) electrons. The molecule has 0 saturated carbocycles. The molecule has 1 N–H and O–H groups in total. The second kappa shape index (κ2) is 8.50. The first-order valence-corrected chi connectivity index (χ1v) is 10.5. The van der Waals surface area contributed by atoms with Crippen LogP contribution in [0.1, 0.15) is 12.5 Å². The lowest BCUT2D eigenvalue weighted by Gasteiger charge is -2.19. The van der Waals surface area contributed by atoms with Crippen molar-refractivity contribution >= 4 is 22.9 Å². The highest BCUT2D eigenvalue weighted by Gasteiger charge is 2.31. The van der Waals surface area contributed by atoms with Crippen LogP contribution >= 0.6 is 0 Å². The van der Waals surface area contributed by atoms with Gasteiger partial charge in [-0.15, -0.1) is 0 Å². The summed E-state index contributed by atoms with van der Waals surface area (Å²) in [4.78, 5) is 23.7. The summed E-state index contributed by atoms with van der Waals surface area (Å²) >= 11 is 0. The molecule has 3 heterocycles. The highest BCUT2D eigenvalue weighted by molar-refractivity contribution is 5.89. The van der Waals surface area contributed by atoms with Gasteiger partial charge in [0.25, 0.3) is 0 Å². The van der Waals surface area contributed by atoms with Gasteiger partial charge in [-0.3, -0.25) is 0 Å². The molecule has 1 atom stereocenters. The number of hydrogen-bond donors (Lipinski definition) is 1. The smallest absolute Gasteiger partial charge is 0.321 e. The minimum Gasteiger partial charge on any atom is -0.497 e. The van der Waals surface area contributed by atoms with Crippen molar-refractivity contribution in [1.82, 2.24) is 19.4 Å². The highest BCUT2D eigenvalue weighted by atomic mass is 19.1. The molecule has 7 nitrogen and oxygen atoms in total. The molecule has 0 aliphatic carbocycles. The standard InChI is InChI=1S/C24H21F2N5O2/c1-33-18-7-4-15(5-8-18)22-28-20-3-2-11-27-23(20)31(22)17-10-12-30(14-17)24(32)29-21-13-16(25)6-9-19(21)26/h2-9,11,13,17H,10,12,14H2,1H3,(H,29,32)/t17-/m1/s1. The Balaban J connectivity index is 1.43. The van der Waals surface area contributed by atoms with E-state index in [4.69, 9.17) is 9.72 Å². The number of amides is 2. The molecule has 5 rings (SSSR count). The Bertz CT molecular complexity index is 1320. The lowest BCUT2D eigenvalue weighted by Crippen LogP contribution is -2.33. The van der Waals surface area contributed by atoms with Crippen LogP contribution in [0, 0.1) is 11.6 Å². The maximum Gasteiger partial charge on any atom is 0.321 e. The molecule has 0 spiro atoms. The van der Waals surface area contributed by atoms with Gasteiger partial charge in [-0.1, -0.05) is 0 Å². The predicted molar refractivity (Wildman–Crippen MR) is 120 cm³/mol. The van der Waals surface area contributed by atoms with Gasteiger partial charge in [-0.25, -0.2) is 23.5 Å². The molecule has 168 valence electrons. The number of imidazole rings is 1. The number of methoxy groups -OCH3 is 1. The van der Waals surface area contributed by atoms with Crippen LogP contribution in [0.4, 0.5) is 19.3 Å². The number of carbonyl (C=O) groups excluding carboxylic acids is 1. The predicted octanol–water partition coefficient (Wildman–Crippen LogP) is 4.86. The van der Waals surface area contributed by atoms with E-state index in [-0.39, 0.29) is 11.7 Å². The number of pyridine rings is 1. The van der Waals surface area contributed by atoms with E-state index in [1.54, 1.807) is 18.2 Å². The second-order valence-electron chi connectivity index (χ2n) is 7.82. The van der Waals surface area contributed by atoms with Crippen molar-refractivity contribution in [1.29, 1.82) is 0 Å². The van der Waals surface area contributed by atoms with Crippen LogP contribution in [0.15, 0.2) is 60.8 Å². The Morgan fingerprint density at radius 3 is 2.76 bits per heavy atom. The second-order valence-corrected chi connectivity index (χ2v) is 7.82. The van der Waals surface area contributed by atoms with Crippen molar-refractivity contribution in [2.75, 3.05) is 25.5 Å². The normalized spacial score (nSPS) is 15.7. The van der Waals surface area contributed by atoms with Crippen molar-refractivity contribution < 1.29 is 18.3 Å². The van der Waals surface area contributed by atoms with Gasteiger partial charge in [-0.05, 0) is 55.0 Å². The minimum absolute atomic E-state index is 0.0786. The molecule has 1 saturated heterocycles. The topological polar surface area (TPSA) is 72.3 Å². The summed E-state index contributed by atoms with van der Waals surface area (Å²) in [5.74, 6) is 0.181. The average molecular weight is 449 g/mol. The molecule has 2 amide bonds. The Hall–Kier alpha value is -4.01. The Morgan fingerprint density at radius 1 is 1.15 bits per heavy atom. The summed E-state index contributed by atoms with van der Waals surface area (Å²) in [6, 6.07) is 13.7. The van der Waals surface area contributed by atoms with Gasteiger partial charge in [0.1, 0.15) is 28.7 Å². The molecule has 9 heteroatoms. The van der Waals surface area contributed by atoms with Crippen LogP contribution in [0.25, 0.3) is 22.6 Å². The van der Waals surface area contributed by atoms with E-state index in [9.17, 15) is 13.6 Å². The fourth-order valence-electron chi connectivity index (χ4n) is 4.14. The molecule has 0 bridgehead atoms. The first-order chi connectivity index (χ1) is 16.0. The average Bonchev–Trinajstić information content (AvgIpc) is 3.46. The Kier molecular flexibility index (Phi) is 5.37. The maximum atomic E-state index is 14.0. The largest absolute Gasteiger partial charge is 0.497 e. The van der Waals surface area contributed by atoms with Crippen molar-refractivity contribution in [3.05, 3.63) is 72.4 Å². The number of rotatable bonds is 4. The molecule has 0 unspecified atom stereocenters. The van der Waals surface area contributed by atoms with Crippen molar-refractivity contribution in [3.63, 3.8) is 0 Å². The first-order valence-electron chi connectivity index (χ1n) is 10.5. The van der Waals surface area contributed by atoms with Gasteiger partial charge >= 0.3 is 6.03 Å². The molecule has 33 heavy (non-hydrogen) atoms. The first kappa shape index (κ1) is 20.9. The van der Waals surface area contributed by atoms with Crippen LogP contribution < -0.4 is 10.1 Å². The number of aromatic nitrogens is 3. The van der Waals surface area contributed by atoms with Crippen molar-refractivity contribution in [3.8, 4) is 17.1 Å². The summed E-state index contributed by atoms with van der Waals surface area (Å²) in [6.07, 6.45) is 2.38. The third-order valence-corrected chi connectivity index (χ3v) is 5.78. The zero-order chi connectivity index (χ0) is 22.9. The number of nitrogens with one attached hydrogen (secondary N) is 1. The van der Waals surface area contributed by atoms with Crippen LogP contribution in [0.2, 0.25) is 0 Å². The van der Waals surface area contributed by atoms with Crippen LogP contribution in [-0.4, -0.2) is 45.7 Å². The Morgan fingerprint density at radius 2 is 1.97 bits per heavy atom. The van der Waals surface area contributed by atoms with E-state index in [0.717, 1.165) is 46.5 Å². The zero-order valence-electron chi connectivity index (χ0n) is 17.8. The molecular formula is C24H21F2N5O2. The quantitative estimate of drug-likeness (QED) is 0.483. The highest BCUT2D eigenvalue weighted by Crippen LogP contribution is 2.33. The van der Waals surface area contributed by atoms with Gasteiger partial charge in [0.2, 0.25) is 0 Å². The fourth-order valence-corrected chi connectivity index (χ4v) is 4.14. The third-order valence-electron chi connectivity index (χ3n) is 5.78. The van der Waals surface area contributed by atoms with E-state index in [0.29, 0.717) is 19.5 Å². The molecule has 1 aliphatic rings. The molecule has 1 fully saturated rings. The van der Waals surface area contributed by atoms with Crippen molar-refractivity contribution in [2.24, 2.45) is 0 Å². The number of urea groups is 1. The lowest BCUT2D eigenvalue weighted by atomic mass is 10.2. The number of hydrogen-bond acceptors (Lipinski definition) is 4. The zero-order valence-corrected chi connectivity index (χ0v) is 17.8. The van der Waals surface area contributed by atoms with Crippen molar-refractivity contribution in [2.45, 2.75) is 12.5 Å². The molecule has 4 aromatic rings. The third kappa shape index (κ3) is 3.97. The van der Waals surface area contributed by atoms with E-state index in [1.165, 1.54) is 0 Å². The summed E-state index contributed by atoms with van der Waals surface area (Å²) < 4.78 is 34.7. The number of likely N-dealkylation sites (tertiary alicyclic amines) is 1. The fraction of sp³-hybridized carbons (Fsp3) is 0.208. The number of halogens is 2. The lowest BCUT2D eigenvalue weighted by molar-refractivity contribution is 0.221. The number of carbonyl (C=O) groups is 1. The van der Waals surface area contributed by atoms with E-state index >= 15 is 0 Å². The number of ether oxygens (including phenoxy) is 1. The summed E-state index contributed by atoms with van der Waals surface area (Å²) in [6.45, 7) is 0.843. The van der Waals surface area contributed by atoms with Gasteiger partial charge in [-0.2, -0.15) is 0 Å². The molecular weight excluding hydrogens is 428 g/mol. The van der Waals surface area contributed by atoms with Crippen LogP contribution in [0.3, 0.4) is 0 Å². The van der Waals surface area contributed by atoms with Crippen LogP contribution in [-0.2, 0) is 0 Å². The molecule has 1 aliphatic heterocycles. The van der Waals surface area contributed by atoms with E-state index < -0.39 is 17.7 Å². The SMILES string of the molecule is COc1ccc(-c2nc3cccnc3n2[C@@H]2CCN(C(=O)Nc3cc(F)ccc3F)C2)cc1. The summed E-state index contributed by atoms with van der Waals surface area (Å²) in [7, 11) is 1.61. The number of benzene rings is 2. The number of anilines is 1. The Labute approximate surface area is 188 Å². The monoisotopic (exact) mass is 449 g/mol. The summed E-state index contributed by atoms with van der Waals surface area (Å²) in [5, 5.41) is 2.47. The summed E-state index contributed by atoms with van der Waals surface area (Å²) in [5.41, 5.74) is 2.20.